The van der Waals surface area contributed by atoms with Gasteiger partial charge in [-0.2, -0.15) is 0 Å². The quantitative estimate of drug-likeness (QED) is 0.650. The van der Waals surface area contributed by atoms with Crippen LogP contribution in [0.15, 0.2) is 24.4 Å². The van der Waals surface area contributed by atoms with E-state index in [-0.39, 0.29) is 11.6 Å². The van der Waals surface area contributed by atoms with Crippen molar-refractivity contribution < 1.29 is 4.79 Å². The minimum absolute atomic E-state index is 0.260. The van der Waals surface area contributed by atoms with Crippen LogP contribution in [0, 0.1) is 6.92 Å². The Kier molecular flexibility index (Phi) is 5.87. The number of aromatic nitrogens is 4. The lowest BCUT2D eigenvalue weighted by molar-refractivity contribution is 0.102. The molecule has 10 heteroatoms. The highest BCUT2D eigenvalue weighted by molar-refractivity contribution is 7.15. The molecular weight excluding hydrogens is 395 g/mol. The summed E-state index contributed by atoms with van der Waals surface area (Å²) < 4.78 is 1.64. The molecule has 0 aliphatic carbocycles. The van der Waals surface area contributed by atoms with E-state index in [1.807, 2.05) is 13.1 Å². The SMILES string of the molecule is CNCc1cnc(NC(=O)c2nnn(Cc3ccc(Cl)c(Cl)c3)c2C)s1. The van der Waals surface area contributed by atoms with Gasteiger partial charge in [-0.1, -0.05) is 34.5 Å². The number of rotatable bonds is 6. The van der Waals surface area contributed by atoms with Gasteiger partial charge in [0.15, 0.2) is 10.8 Å². The molecule has 0 aliphatic heterocycles. The standard InChI is InChI=1S/C16H16Cl2N6OS/c1-9-14(15(25)21-16-20-7-11(26-16)6-19-2)22-23-24(9)8-10-3-4-12(17)13(18)5-10/h3-5,7,19H,6,8H2,1-2H3,(H,20,21,25). The number of benzene rings is 1. The van der Waals surface area contributed by atoms with Crippen molar-refractivity contribution in [2.75, 3.05) is 12.4 Å². The zero-order valence-corrected chi connectivity index (χ0v) is 16.4. The Hall–Kier alpha value is -2.00. The van der Waals surface area contributed by atoms with Gasteiger partial charge in [0.1, 0.15) is 0 Å². The number of halogens is 2. The van der Waals surface area contributed by atoms with Crippen LogP contribution in [0.5, 0.6) is 0 Å². The van der Waals surface area contributed by atoms with Gasteiger partial charge in [0.2, 0.25) is 0 Å². The van der Waals surface area contributed by atoms with Gasteiger partial charge < -0.3 is 5.32 Å². The molecule has 3 rings (SSSR count). The van der Waals surface area contributed by atoms with Crippen molar-refractivity contribution in [2.45, 2.75) is 20.0 Å². The molecule has 0 aliphatic rings. The topological polar surface area (TPSA) is 84.7 Å². The van der Waals surface area contributed by atoms with Crippen molar-refractivity contribution >= 4 is 45.6 Å². The van der Waals surface area contributed by atoms with Crippen LogP contribution in [-0.2, 0) is 13.1 Å². The lowest BCUT2D eigenvalue weighted by atomic mass is 10.2. The first-order valence-electron chi connectivity index (χ1n) is 7.72. The Bertz CT molecular complexity index is 939. The monoisotopic (exact) mass is 410 g/mol. The van der Waals surface area contributed by atoms with E-state index in [0.29, 0.717) is 34.0 Å². The van der Waals surface area contributed by atoms with E-state index in [4.69, 9.17) is 23.2 Å². The van der Waals surface area contributed by atoms with E-state index in [1.165, 1.54) is 11.3 Å². The van der Waals surface area contributed by atoms with E-state index in [2.05, 4.69) is 25.9 Å². The van der Waals surface area contributed by atoms with Gasteiger partial charge in [-0.05, 0) is 31.7 Å². The molecule has 2 N–H and O–H groups in total. The molecule has 2 heterocycles. The molecule has 0 saturated carbocycles. The second kappa shape index (κ2) is 8.13. The first-order chi connectivity index (χ1) is 12.5. The molecule has 0 bridgehead atoms. The Labute approximate surface area is 164 Å². The van der Waals surface area contributed by atoms with Crippen molar-refractivity contribution in [1.82, 2.24) is 25.3 Å². The Morgan fingerprint density at radius 1 is 1.31 bits per heavy atom. The number of hydrogen-bond donors (Lipinski definition) is 2. The van der Waals surface area contributed by atoms with Gasteiger partial charge in [0.25, 0.3) is 5.91 Å². The summed E-state index contributed by atoms with van der Waals surface area (Å²) in [6.45, 7) is 2.93. The molecule has 0 unspecified atom stereocenters. The zero-order chi connectivity index (χ0) is 18.7. The van der Waals surface area contributed by atoms with Crippen molar-refractivity contribution in [3.05, 3.63) is 56.3 Å². The highest BCUT2D eigenvalue weighted by atomic mass is 35.5. The van der Waals surface area contributed by atoms with Gasteiger partial charge in [0.05, 0.1) is 22.3 Å². The predicted octanol–water partition coefficient (Wildman–Crippen LogP) is 3.37. The summed E-state index contributed by atoms with van der Waals surface area (Å²) in [6.07, 6.45) is 1.73. The van der Waals surface area contributed by atoms with Crippen LogP contribution in [0.2, 0.25) is 10.0 Å². The Morgan fingerprint density at radius 2 is 2.12 bits per heavy atom. The summed E-state index contributed by atoms with van der Waals surface area (Å²) in [6, 6.07) is 5.35. The first-order valence-corrected chi connectivity index (χ1v) is 9.30. The number of nitrogens with zero attached hydrogens (tertiary/aromatic N) is 4. The lowest BCUT2D eigenvalue weighted by Crippen LogP contribution is -2.14. The molecule has 3 aromatic rings. The number of carbonyl (C=O) groups is 1. The molecule has 0 spiro atoms. The minimum atomic E-state index is -0.340. The fraction of sp³-hybridized carbons (Fsp3) is 0.250. The van der Waals surface area contributed by atoms with Gasteiger partial charge >= 0.3 is 0 Å². The second-order valence-electron chi connectivity index (χ2n) is 5.55. The zero-order valence-electron chi connectivity index (χ0n) is 14.1. The van der Waals surface area contributed by atoms with E-state index in [0.717, 1.165) is 10.4 Å². The number of hydrogen-bond acceptors (Lipinski definition) is 6. The maximum atomic E-state index is 12.5. The minimum Gasteiger partial charge on any atom is -0.315 e. The molecule has 1 aromatic carbocycles. The van der Waals surface area contributed by atoms with E-state index >= 15 is 0 Å². The average Bonchev–Trinajstić information content (AvgIpc) is 3.19. The van der Waals surface area contributed by atoms with Crippen LogP contribution >= 0.6 is 34.5 Å². The molecule has 0 fully saturated rings. The lowest BCUT2D eigenvalue weighted by Gasteiger charge is -2.05. The van der Waals surface area contributed by atoms with Crippen LogP contribution < -0.4 is 10.6 Å². The summed E-state index contributed by atoms with van der Waals surface area (Å²) in [4.78, 5) is 17.7. The molecular formula is C16H16Cl2N6OS. The molecule has 0 atom stereocenters. The number of thiazole rings is 1. The van der Waals surface area contributed by atoms with Crippen LogP contribution in [0.4, 0.5) is 5.13 Å². The molecule has 2 aromatic heterocycles. The summed E-state index contributed by atoms with van der Waals surface area (Å²) in [5, 5.41) is 15.4. The highest BCUT2D eigenvalue weighted by Crippen LogP contribution is 2.23. The fourth-order valence-corrected chi connectivity index (χ4v) is 3.45. The van der Waals surface area contributed by atoms with Gasteiger partial charge in [-0.3, -0.25) is 10.1 Å². The Morgan fingerprint density at radius 3 is 2.85 bits per heavy atom. The fourth-order valence-electron chi connectivity index (χ4n) is 2.31. The number of anilines is 1. The second-order valence-corrected chi connectivity index (χ2v) is 7.48. The predicted molar refractivity (Wildman–Crippen MR) is 103 cm³/mol. The summed E-state index contributed by atoms with van der Waals surface area (Å²) in [7, 11) is 1.85. The molecule has 7 nitrogen and oxygen atoms in total. The highest BCUT2D eigenvalue weighted by Gasteiger charge is 2.18. The smallest absolute Gasteiger partial charge is 0.279 e. The largest absolute Gasteiger partial charge is 0.315 e. The van der Waals surface area contributed by atoms with Gasteiger partial charge in [0, 0.05) is 17.6 Å². The average molecular weight is 411 g/mol. The maximum Gasteiger partial charge on any atom is 0.279 e. The Balaban J connectivity index is 1.72. The van der Waals surface area contributed by atoms with E-state index in [9.17, 15) is 4.79 Å². The number of nitrogens with one attached hydrogen (secondary N) is 2. The molecule has 136 valence electrons. The summed E-state index contributed by atoms with van der Waals surface area (Å²) in [5.74, 6) is -0.340. The summed E-state index contributed by atoms with van der Waals surface area (Å²) >= 11 is 13.4. The molecule has 1 amide bonds. The van der Waals surface area contributed by atoms with Crippen LogP contribution in [0.3, 0.4) is 0 Å². The third-order valence-corrected chi connectivity index (χ3v) is 5.29. The molecule has 26 heavy (non-hydrogen) atoms. The maximum absolute atomic E-state index is 12.5. The van der Waals surface area contributed by atoms with Crippen molar-refractivity contribution in [1.29, 1.82) is 0 Å². The van der Waals surface area contributed by atoms with Gasteiger partial charge in [-0.25, -0.2) is 9.67 Å². The van der Waals surface area contributed by atoms with E-state index < -0.39 is 0 Å². The van der Waals surface area contributed by atoms with Crippen molar-refractivity contribution in [3.63, 3.8) is 0 Å². The third kappa shape index (κ3) is 4.21. The third-order valence-electron chi connectivity index (χ3n) is 3.64. The van der Waals surface area contributed by atoms with Crippen molar-refractivity contribution in [3.8, 4) is 0 Å². The molecule has 0 saturated heterocycles. The molecule has 0 radical (unpaired) electrons. The number of amides is 1. The van der Waals surface area contributed by atoms with Crippen LogP contribution in [-0.4, -0.2) is 32.9 Å². The van der Waals surface area contributed by atoms with E-state index in [1.54, 1.807) is 29.9 Å². The van der Waals surface area contributed by atoms with Crippen molar-refractivity contribution in [2.24, 2.45) is 0 Å². The van der Waals surface area contributed by atoms with Crippen LogP contribution in [0.1, 0.15) is 26.6 Å². The normalized spacial score (nSPS) is 10.9. The first kappa shape index (κ1) is 18.8. The summed E-state index contributed by atoms with van der Waals surface area (Å²) in [5.41, 5.74) is 1.83. The number of carbonyl (C=O) groups excluding carboxylic acids is 1. The van der Waals surface area contributed by atoms with Gasteiger partial charge in [-0.15, -0.1) is 16.4 Å². The van der Waals surface area contributed by atoms with Crippen LogP contribution in [0.25, 0.3) is 0 Å².